The third kappa shape index (κ3) is 2.23. The molecule has 1 aliphatic rings. The standard InChI is InChI=1S/C14H14O5/c1-18-13(16)10-7-8-5-3-4-6-9(8)12(15)11(10)14(17)19-2/h3-6,10-11H,7H2,1-2H3/t10-,11+/m1/s1. The van der Waals surface area contributed by atoms with E-state index in [1.54, 1.807) is 24.3 Å². The van der Waals surface area contributed by atoms with Gasteiger partial charge in [0.25, 0.3) is 0 Å². The largest absolute Gasteiger partial charge is 0.469 e. The van der Waals surface area contributed by atoms with Crippen LogP contribution in [0.15, 0.2) is 24.3 Å². The van der Waals surface area contributed by atoms with E-state index in [2.05, 4.69) is 9.47 Å². The van der Waals surface area contributed by atoms with E-state index in [0.717, 1.165) is 5.56 Å². The highest BCUT2D eigenvalue weighted by Gasteiger charge is 2.45. The molecule has 1 aromatic rings. The molecular weight excluding hydrogens is 248 g/mol. The second-order valence-electron chi connectivity index (χ2n) is 4.36. The number of benzene rings is 1. The van der Waals surface area contributed by atoms with Crippen LogP contribution in [0.1, 0.15) is 15.9 Å². The summed E-state index contributed by atoms with van der Waals surface area (Å²) in [6.45, 7) is 0. The van der Waals surface area contributed by atoms with Crippen LogP contribution in [0.3, 0.4) is 0 Å². The summed E-state index contributed by atoms with van der Waals surface area (Å²) in [5, 5.41) is 0. The van der Waals surface area contributed by atoms with E-state index < -0.39 is 23.8 Å². The van der Waals surface area contributed by atoms with Crippen molar-refractivity contribution in [3.8, 4) is 0 Å². The molecule has 5 heteroatoms. The van der Waals surface area contributed by atoms with Gasteiger partial charge >= 0.3 is 11.9 Å². The Hall–Kier alpha value is -2.17. The fourth-order valence-electron chi connectivity index (χ4n) is 2.41. The molecule has 0 unspecified atom stereocenters. The number of methoxy groups -OCH3 is 2. The Morgan fingerprint density at radius 1 is 1.11 bits per heavy atom. The average molecular weight is 262 g/mol. The molecule has 1 aromatic carbocycles. The molecule has 0 radical (unpaired) electrons. The molecule has 1 aliphatic carbocycles. The predicted octanol–water partition coefficient (Wildman–Crippen LogP) is 1.00. The lowest BCUT2D eigenvalue weighted by atomic mass is 9.75. The number of fused-ring (bicyclic) bond motifs is 1. The summed E-state index contributed by atoms with van der Waals surface area (Å²) in [5.41, 5.74) is 1.22. The van der Waals surface area contributed by atoms with Crippen LogP contribution in [0.4, 0.5) is 0 Å². The molecule has 0 bridgehead atoms. The minimum Gasteiger partial charge on any atom is -0.469 e. The molecule has 0 saturated heterocycles. The van der Waals surface area contributed by atoms with E-state index >= 15 is 0 Å². The maximum Gasteiger partial charge on any atom is 0.317 e. The molecule has 0 N–H and O–H groups in total. The Labute approximate surface area is 110 Å². The van der Waals surface area contributed by atoms with Crippen LogP contribution in [0.2, 0.25) is 0 Å². The van der Waals surface area contributed by atoms with E-state index in [1.807, 2.05) is 0 Å². The van der Waals surface area contributed by atoms with Crippen molar-refractivity contribution in [2.75, 3.05) is 14.2 Å². The smallest absolute Gasteiger partial charge is 0.317 e. The monoisotopic (exact) mass is 262 g/mol. The van der Waals surface area contributed by atoms with Crippen molar-refractivity contribution in [1.29, 1.82) is 0 Å². The van der Waals surface area contributed by atoms with Crippen molar-refractivity contribution in [2.24, 2.45) is 11.8 Å². The number of rotatable bonds is 2. The molecule has 0 spiro atoms. The van der Waals surface area contributed by atoms with E-state index in [4.69, 9.17) is 0 Å². The van der Waals surface area contributed by atoms with Crippen LogP contribution in [0, 0.1) is 11.8 Å². The molecule has 2 atom stereocenters. The molecule has 0 saturated carbocycles. The molecular formula is C14H14O5. The van der Waals surface area contributed by atoms with Gasteiger partial charge in [0, 0.05) is 5.56 Å². The number of hydrogen-bond acceptors (Lipinski definition) is 5. The van der Waals surface area contributed by atoms with Gasteiger partial charge in [0.15, 0.2) is 5.78 Å². The van der Waals surface area contributed by atoms with Gasteiger partial charge in [-0.2, -0.15) is 0 Å². The molecule has 0 amide bonds. The maximum atomic E-state index is 12.3. The van der Waals surface area contributed by atoms with Gasteiger partial charge in [-0.3, -0.25) is 14.4 Å². The van der Waals surface area contributed by atoms with Crippen LogP contribution >= 0.6 is 0 Å². The average Bonchev–Trinajstić information content (AvgIpc) is 2.45. The number of carbonyl (C=O) groups excluding carboxylic acids is 3. The molecule has 5 nitrogen and oxygen atoms in total. The summed E-state index contributed by atoms with van der Waals surface area (Å²) in [4.78, 5) is 35.9. The maximum absolute atomic E-state index is 12.3. The summed E-state index contributed by atoms with van der Waals surface area (Å²) >= 11 is 0. The highest BCUT2D eigenvalue weighted by molar-refractivity contribution is 6.12. The summed E-state index contributed by atoms with van der Waals surface area (Å²) in [6.07, 6.45) is 0.300. The fourth-order valence-corrected chi connectivity index (χ4v) is 2.41. The zero-order valence-electron chi connectivity index (χ0n) is 10.7. The number of carbonyl (C=O) groups is 3. The van der Waals surface area contributed by atoms with Crippen molar-refractivity contribution < 1.29 is 23.9 Å². The highest BCUT2D eigenvalue weighted by atomic mass is 16.5. The number of ether oxygens (including phenoxy) is 2. The SMILES string of the molecule is COC(=O)[C@@H]1C(=O)c2ccccc2C[C@H]1C(=O)OC. The number of esters is 2. The van der Waals surface area contributed by atoms with Crippen LogP contribution in [0.25, 0.3) is 0 Å². The topological polar surface area (TPSA) is 69.7 Å². The van der Waals surface area contributed by atoms with Crippen LogP contribution in [-0.4, -0.2) is 31.9 Å². The van der Waals surface area contributed by atoms with Gasteiger partial charge in [-0.1, -0.05) is 24.3 Å². The van der Waals surface area contributed by atoms with Crippen LogP contribution in [0.5, 0.6) is 0 Å². The summed E-state index contributed by atoms with van der Waals surface area (Å²) in [7, 11) is 2.44. The Morgan fingerprint density at radius 3 is 2.37 bits per heavy atom. The Balaban J connectivity index is 2.47. The summed E-state index contributed by atoms with van der Waals surface area (Å²) in [6, 6.07) is 6.94. The lowest BCUT2D eigenvalue weighted by Gasteiger charge is -2.28. The second-order valence-corrected chi connectivity index (χ2v) is 4.36. The van der Waals surface area contributed by atoms with Crippen molar-refractivity contribution in [3.63, 3.8) is 0 Å². The van der Waals surface area contributed by atoms with E-state index in [1.165, 1.54) is 14.2 Å². The zero-order valence-corrected chi connectivity index (χ0v) is 10.7. The van der Waals surface area contributed by atoms with Crippen molar-refractivity contribution in [3.05, 3.63) is 35.4 Å². The first-order valence-electron chi connectivity index (χ1n) is 5.88. The molecule has 0 aliphatic heterocycles. The third-order valence-corrected chi connectivity index (χ3v) is 3.37. The van der Waals surface area contributed by atoms with E-state index in [9.17, 15) is 14.4 Å². The van der Waals surface area contributed by atoms with Crippen LogP contribution < -0.4 is 0 Å². The first-order valence-corrected chi connectivity index (χ1v) is 5.88. The van der Waals surface area contributed by atoms with Gasteiger partial charge in [-0.05, 0) is 12.0 Å². The molecule has 19 heavy (non-hydrogen) atoms. The van der Waals surface area contributed by atoms with Crippen molar-refractivity contribution >= 4 is 17.7 Å². The Morgan fingerprint density at radius 2 is 1.74 bits per heavy atom. The van der Waals surface area contributed by atoms with E-state index in [-0.39, 0.29) is 5.78 Å². The number of ketones is 1. The fraction of sp³-hybridized carbons (Fsp3) is 0.357. The van der Waals surface area contributed by atoms with Gasteiger partial charge in [0.05, 0.1) is 20.1 Å². The molecule has 0 heterocycles. The van der Waals surface area contributed by atoms with Crippen molar-refractivity contribution in [1.82, 2.24) is 0 Å². The zero-order chi connectivity index (χ0) is 14.0. The van der Waals surface area contributed by atoms with Gasteiger partial charge < -0.3 is 9.47 Å². The van der Waals surface area contributed by atoms with Gasteiger partial charge in [0.1, 0.15) is 5.92 Å². The quantitative estimate of drug-likeness (QED) is 0.587. The van der Waals surface area contributed by atoms with Crippen LogP contribution in [-0.2, 0) is 25.5 Å². The highest BCUT2D eigenvalue weighted by Crippen LogP contribution is 2.31. The van der Waals surface area contributed by atoms with Crippen molar-refractivity contribution in [2.45, 2.75) is 6.42 Å². The van der Waals surface area contributed by atoms with Gasteiger partial charge in [-0.15, -0.1) is 0 Å². The predicted molar refractivity (Wildman–Crippen MR) is 65.5 cm³/mol. The molecule has 0 fully saturated rings. The molecule has 2 rings (SSSR count). The lowest BCUT2D eigenvalue weighted by Crippen LogP contribution is -2.42. The minimum atomic E-state index is -1.12. The Bertz CT molecular complexity index is 534. The minimum absolute atomic E-state index is 0.300. The summed E-state index contributed by atoms with van der Waals surface area (Å²) < 4.78 is 9.31. The van der Waals surface area contributed by atoms with Gasteiger partial charge in [0.2, 0.25) is 0 Å². The number of hydrogen-bond donors (Lipinski definition) is 0. The molecule has 0 aromatic heterocycles. The van der Waals surface area contributed by atoms with Gasteiger partial charge in [-0.25, -0.2) is 0 Å². The normalized spacial score (nSPS) is 21.5. The summed E-state index contributed by atoms with van der Waals surface area (Å²) in [5.74, 6) is -3.59. The number of Topliss-reactive ketones (excluding diaryl/α,β-unsaturated/α-hetero) is 1. The third-order valence-electron chi connectivity index (χ3n) is 3.37. The first-order chi connectivity index (χ1) is 9.10. The lowest BCUT2D eigenvalue weighted by molar-refractivity contribution is -0.155. The first kappa shape index (κ1) is 13.3. The molecule has 100 valence electrons. The van der Waals surface area contributed by atoms with E-state index in [0.29, 0.717) is 12.0 Å². The Kier molecular flexibility index (Phi) is 3.64. The second kappa shape index (κ2) is 5.22.